The average Bonchev–Trinajstić information content (AvgIpc) is 1.86. The molecule has 0 aliphatic rings. The first kappa shape index (κ1) is 9.29. The van der Waals surface area contributed by atoms with Crippen LogP contribution in [0.25, 0.3) is 0 Å². The average molecular weight is 282 g/mol. The molecule has 0 aromatic heterocycles. The van der Waals surface area contributed by atoms with Gasteiger partial charge in [-0.3, -0.25) is 0 Å². The van der Waals surface area contributed by atoms with Crippen LogP contribution in [0, 0.1) is 0 Å². The van der Waals surface area contributed by atoms with E-state index in [1.165, 1.54) is 0 Å². The molecule has 0 heterocycles. The lowest BCUT2D eigenvalue weighted by molar-refractivity contribution is 0.780. The quantitative estimate of drug-likeness (QED) is 0.478. The van der Waals surface area contributed by atoms with Crippen LogP contribution < -0.4 is 5.73 Å². The minimum Gasteiger partial charge on any atom is -0.313 e. The third-order valence-electron chi connectivity index (χ3n) is 1.39. The Hall–Kier alpha value is 0.200. The summed E-state index contributed by atoms with van der Waals surface area (Å²) in [6.45, 7) is 1.94. The van der Waals surface area contributed by atoms with Crippen molar-refractivity contribution >= 4 is 34.2 Å². The Morgan fingerprint density at radius 2 is 2.18 bits per heavy atom. The minimum absolute atomic E-state index is 0.331. The van der Waals surface area contributed by atoms with Crippen LogP contribution >= 0.6 is 34.2 Å². The lowest BCUT2D eigenvalue weighted by Gasteiger charge is -2.16. The maximum Gasteiger partial charge on any atom is 0.0907 e. The zero-order valence-electron chi connectivity index (χ0n) is 6.14. The highest BCUT2D eigenvalue weighted by atomic mass is 127. The van der Waals surface area contributed by atoms with Crippen LogP contribution in [-0.4, -0.2) is 0 Å². The van der Waals surface area contributed by atoms with Crippen molar-refractivity contribution in [2.45, 2.75) is 10.5 Å². The normalized spacial score (nSPS) is 16.0. The molecular formula is C8H9ClIN. The highest BCUT2D eigenvalue weighted by Gasteiger charge is 2.15. The van der Waals surface area contributed by atoms with Crippen molar-refractivity contribution in [3.05, 3.63) is 34.9 Å². The van der Waals surface area contributed by atoms with Crippen LogP contribution in [0.3, 0.4) is 0 Å². The van der Waals surface area contributed by atoms with E-state index in [1.807, 2.05) is 31.2 Å². The zero-order valence-corrected chi connectivity index (χ0v) is 9.06. The van der Waals surface area contributed by atoms with E-state index in [-0.39, 0.29) is 3.55 Å². The Kier molecular flexibility index (Phi) is 2.78. The molecule has 0 aliphatic heterocycles. The molecule has 2 N–H and O–H groups in total. The Morgan fingerprint density at radius 1 is 1.55 bits per heavy atom. The highest BCUT2D eigenvalue weighted by molar-refractivity contribution is 14.1. The lowest BCUT2D eigenvalue weighted by atomic mass is 10.1. The van der Waals surface area contributed by atoms with Crippen LogP contribution in [-0.2, 0) is 3.55 Å². The van der Waals surface area contributed by atoms with Gasteiger partial charge in [-0.25, -0.2) is 0 Å². The molecular weight excluding hydrogens is 272 g/mol. The summed E-state index contributed by atoms with van der Waals surface area (Å²) in [6, 6.07) is 7.60. The van der Waals surface area contributed by atoms with Gasteiger partial charge in [0.1, 0.15) is 0 Å². The Balaban J connectivity index is 3.06. The molecule has 0 bridgehead atoms. The van der Waals surface area contributed by atoms with E-state index >= 15 is 0 Å². The number of benzene rings is 1. The summed E-state index contributed by atoms with van der Waals surface area (Å²) < 4.78 is -0.331. The first-order valence-electron chi connectivity index (χ1n) is 3.24. The fraction of sp³-hybridized carbons (Fsp3) is 0.250. The Morgan fingerprint density at radius 3 is 2.55 bits per heavy atom. The first-order chi connectivity index (χ1) is 5.00. The molecule has 0 saturated heterocycles. The predicted octanol–water partition coefficient (Wildman–Crippen LogP) is 2.91. The van der Waals surface area contributed by atoms with E-state index in [0.29, 0.717) is 0 Å². The molecule has 1 nitrogen and oxygen atoms in total. The van der Waals surface area contributed by atoms with E-state index in [2.05, 4.69) is 22.6 Å². The molecule has 60 valence electrons. The van der Waals surface area contributed by atoms with E-state index < -0.39 is 0 Å². The van der Waals surface area contributed by atoms with Crippen molar-refractivity contribution in [2.24, 2.45) is 5.73 Å². The zero-order chi connectivity index (χ0) is 8.48. The van der Waals surface area contributed by atoms with E-state index in [0.717, 1.165) is 10.6 Å². The molecule has 0 fully saturated rings. The second-order valence-corrected chi connectivity index (χ2v) is 5.26. The number of hydrogen-bond donors (Lipinski definition) is 1. The molecule has 0 aliphatic carbocycles. The maximum absolute atomic E-state index is 5.85. The Bertz CT molecular complexity index is 255. The fourth-order valence-corrected chi connectivity index (χ4v) is 1.32. The molecule has 0 unspecified atom stereocenters. The molecule has 1 aromatic rings. The monoisotopic (exact) mass is 281 g/mol. The summed E-state index contributed by atoms with van der Waals surface area (Å²) in [5.74, 6) is 0. The molecule has 1 rings (SSSR count). The standard InChI is InChI=1S/C8H9ClIN/c1-8(10,11)6-3-2-4-7(9)5-6/h2-5H,11H2,1H3/t8-/m1/s1. The molecule has 11 heavy (non-hydrogen) atoms. The second kappa shape index (κ2) is 3.29. The van der Waals surface area contributed by atoms with Crippen molar-refractivity contribution in [1.29, 1.82) is 0 Å². The molecule has 0 spiro atoms. The first-order valence-corrected chi connectivity index (χ1v) is 4.69. The second-order valence-electron chi connectivity index (χ2n) is 2.59. The van der Waals surface area contributed by atoms with Gasteiger partial charge in [0.25, 0.3) is 0 Å². The molecule has 0 amide bonds. The largest absolute Gasteiger partial charge is 0.313 e. The van der Waals surface area contributed by atoms with E-state index in [1.54, 1.807) is 0 Å². The topological polar surface area (TPSA) is 26.0 Å². The van der Waals surface area contributed by atoms with Gasteiger partial charge in [0.05, 0.1) is 3.55 Å². The van der Waals surface area contributed by atoms with Gasteiger partial charge in [-0.1, -0.05) is 46.3 Å². The highest BCUT2D eigenvalue weighted by Crippen LogP contribution is 2.26. The third kappa shape index (κ3) is 2.61. The van der Waals surface area contributed by atoms with Gasteiger partial charge in [-0.2, -0.15) is 0 Å². The van der Waals surface area contributed by atoms with Gasteiger partial charge in [0.2, 0.25) is 0 Å². The Labute approximate surface area is 85.1 Å². The maximum atomic E-state index is 5.85. The molecule has 1 aromatic carbocycles. The number of alkyl halides is 1. The minimum atomic E-state index is -0.331. The third-order valence-corrected chi connectivity index (χ3v) is 2.25. The summed E-state index contributed by atoms with van der Waals surface area (Å²) in [6.07, 6.45) is 0. The summed E-state index contributed by atoms with van der Waals surface area (Å²) in [5, 5.41) is 0.732. The molecule has 0 radical (unpaired) electrons. The molecule has 1 atom stereocenters. The number of hydrogen-bond acceptors (Lipinski definition) is 1. The van der Waals surface area contributed by atoms with Gasteiger partial charge in [0.15, 0.2) is 0 Å². The summed E-state index contributed by atoms with van der Waals surface area (Å²) in [5.41, 5.74) is 6.90. The summed E-state index contributed by atoms with van der Waals surface area (Å²) >= 11 is 7.97. The number of nitrogens with two attached hydrogens (primary N) is 1. The molecule has 3 heteroatoms. The van der Waals surface area contributed by atoms with Crippen LogP contribution in [0.15, 0.2) is 24.3 Å². The van der Waals surface area contributed by atoms with Gasteiger partial charge >= 0.3 is 0 Å². The van der Waals surface area contributed by atoms with Gasteiger partial charge < -0.3 is 5.73 Å². The summed E-state index contributed by atoms with van der Waals surface area (Å²) in [4.78, 5) is 0. The van der Waals surface area contributed by atoms with Crippen LogP contribution in [0.2, 0.25) is 5.02 Å². The van der Waals surface area contributed by atoms with Crippen molar-refractivity contribution in [1.82, 2.24) is 0 Å². The fourth-order valence-electron chi connectivity index (χ4n) is 0.793. The van der Waals surface area contributed by atoms with Crippen molar-refractivity contribution in [2.75, 3.05) is 0 Å². The number of rotatable bonds is 1. The van der Waals surface area contributed by atoms with Gasteiger partial charge in [-0.15, -0.1) is 0 Å². The van der Waals surface area contributed by atoms with Gasteiger partial charge in [0, 0.05) is 5.02 Å². The summed E-state index contributed by atoms with van der Waals surface area (Å²) in [7, 11) is 0. The lowest BCUT2D eigenvalue weighted by Crippen LogP contribution is -2.24. The van der Waals surface area contributed by atoms with Crippen molar-refractivity contribution in [3.63, 3.8) is 0 Å². The SMILES string of the molecule is C[C@](N)(I)c1cccc(Cl)c1. The van der Waals surface area contributed by atoms with Crippen LogP contribution in [0.1, 0.15) is 12.5 Å². The molecule has 0 saturated carbocycles. The van der Waals surface area contributed by atoms with Gasteiger partial charge in [-0.05, 0) is 24.6 Å². The van der Waals surface area contributed by atoms with E-state index in [9.17, 15) is 0 Å². The van der Waals surface area contributed by atoms with Crippen LogP contribution in [0.5, 0.6) is 0 Å². The van der Waals surface area contributed by atoms with Crippen molar-refractivity contribution in [3.8, 4) is 0 Å². The smallest absolute Gasteiger partial charge is 0.0907 e. The predicted molar refractivity (Wildman–Crippen MR) is 57.0 cm³/mol. The van der Waals surface area contributed by atoms with Crippen molar-refractivity contribution < 1.29 is 0 Å². The van der Waals surface area contributed by atoms with E-state index in [4.69, 9.17) is 17.3 Å². The number of halogens is 2. The van der Waals surface area contributed by atoms with Crippen LogP contribution in [0.4, 0.5) is 0 Å².